The molecule has 0 unspecified atom stereocenters. The number of halogens is 1. The van der Waals surface area contributed by atoms with Gasteiger partial charge in [0.1, 0.15) is 12.7 Å². The standard InChI is InChI=1S/C20H28ClN7O2/c1-20(2,3)25-19(30)12-27-8-6-26(7-9-27)11-18(29)24-16-10-15(21)4-5-17(16)28-14-22-13-23-28/h4-5,10,13-14H,6-9,11-12H2,1-3H3,(H,24,29)(H,25,30). The van der Waals surface area contributed by atoms with E-state index in [-0.39, 0.29) is 23.9 Å². The van der Waals surface area contributed by atoms with Crippen molar-refractivity contribution in [3.63, 3.8) is 0 Å². The minimum Gasteiger partial charge on any atom is -0.350 e. The molecule has 0 saturated carbocycles. The Hall–Kier alpha value is -2.49. The number of nitrogens with one attached hydrogen (secondary N) is 2. The van der Waals surface area contributed by atoms with Gasteiger partial charge in [0.05, 0.1) is 24.5 Å². The van der Waals surface area contributed by atoms with Crippen molar-refractivity contribution in [3.8, 4) is 5.69 Å². The van der Waals surface area contributed by atoms with Crippen LogP contribution in [0.3, 0.4) is 0 Å². The van der Waals surface area contributed by atoms with Crippen LogP contribution in [0.2, 0.25) is 5.02 Å². The number of carbonyl (C=O) groups is 2. The molecule has 2 N–H and O–H groups in total. The zero-order valence-electron chi connectivity index (χ0n) is 17.6. The summed E-state index contributed by atoms with van der Waals surface area (Å²) in [7, 11) is 0. The van der Waals surface area contributed by atoms with E-state index < -0.39 is 0 Å². The Labute approximate surface area is 181 Å². The summed E-state index contributed by atoms with van der Waals surface area (Å²) >= 11 is 6.11. The normalized spacial score (nSPS) is 15.7. The Bertz CT molecular complexity index is 872. The summed E-state index contributed by atoms with van der Waals surface area (Å²) in [5, 5.41) is 10.5. The van der Waals surface area contributed by atoms with Crippen molar-refractivity contribution in [1.29, 1.82) is 0 Å². The summed E-state index contributed by atoms with van der Waals surface area (Å²) in [6.07, 6.45) is 3.00. The minimum atomic E-state index is -0.234. The second-order valence-electron chi connectivity index (χ2n) is 8.40. The number of nitrogens with zero attached hydrogens (tertiary/aromatic N) is 5. The lowest BCUT2D eigenvalue weighted by Crippen LogP contribution is -2.52. The summed E-state index contributed by atoms with van der Waals surface area (Å²) in [6.45, 7) is 9.48. The number of benzene rings is 1. The summed E-state index contributed by atoms with van der Waals surface area (Å²) in [5.41, 5.74) is 1.04. The van der Waals surface area contributed by atoms with Crippen molar-refractivity contribution in [1.82, 2.24) is 29.9 Å². The van der Waals surface area contributed by atoms with E-state index >= 15 is 0 Å². The van der Waals surface area contributed by atoms with Crippen molar-refractivity contribution in [2.75, 3.05) is 44.6 Å². The van der Waals surface area contributed by atoms with E-state index in [1.54, 1.807) is 29.2 Å². The van der Waals surface area contributed by atoms with Gasteiger partial charge < -0.3 is 10.6 Å². The highest BCUT2D eigenvalue weighted by Gasteiger charge is 2.22. The Morgan fingerprint density at radius 1 is 1.07 bits per heavy atom. The topological polar surface area (TPSA) is 95.4 Å². The van der Waals surface area contributed by atoms with Gasteiger partial charge in [-0.25, -0.2) is 9.67 Å². The van der Waals surface area contributed by atoms with Crippen LogP contribution in [-0.2, 0) is 9.59 Å². The van der Waals surface area contributed by atoms with Crippen LogP contribution in [0.5, 0.6) is 0 Å². The van der Waals surface area contributed by atoms with E-state index in [0.717, 1.165) is 26.2 Å². The predicted molar refractivity (Wildman–Crippen MR) is 116 cm³/mol. The maximum atomic E-state index is 12.6. The first-order chi connectivity index (χ1) is 14.2. The Morgan fingerprint density at radius 3 is 2.27 bits per heavy atom. The number of anilines is 1. The van der Waals surface area contributed by atoms with Gasteiger partial charge in [0.2, 0.25) is 11.8 Å². The third-order valence-electron chi connectivity index (χ3n) is 4.61. The molecular formula is C20H28ClN7O2. The van der Waals surface area contributed by atoms with Crippen molar-refractivity contribution in [2.24, 2.45) is 0 Å². The predicted octanol–water partition coefficient (Wildman–Crippen LogP) is 1.39. The van der Waals surface area contributed by atoms with E-state index in [9.17, 15) is 9.59 Å². The van der Waals surface area contributed by atoms with Gasteiger partial charge in [-0.15, -0.1) is 0 Å². The van der Waals surface area contributed by atoms with E-state index in [1.807, 2.05) is 20.8 Å². The highest BCUT2D eigenvalue weighted by molar-refractivity contribution is 6.31. The Balaban J connectivity index is 1.50. The summed E-state index contributed by atoms with van der Waals surface area (Å²) < 4.78 is 1.58. The van der Waals surface area contributed by atoms with Crippen LogP contribution in [0.25, 0.3) is 5.69 Å². The van der Waals surface area contributed by atoms with E-state index in [2.05, 4.69) is 30.5 Å². The Kier molecular flexibility index (Phi) is 7.06. The molecule has 1 aliphatic heterocycles. The van der Waals surface area contributed by atoms with Gasteiger partial charge in [0, 0.05) is 36.7 Å². The number of rotatable bonds is 6. The summed E-state index contributed by atoms with van der Waals surface area (Å²) in [4.78, 5) is 32.8. The lowest BCUT2D eigenvalue weighted by Gasteiger charge is -2.34. The molecule has 1 aromatic carbocycles. The average Bonchev–Trinajstić information content (AvgIpc) is 3.16. The van der Waals surface area contributed by atoms with Gasteiger partial charge in [-0.3, -0.25) is 19.4 Å². The van der Waals surface area contributed by atoms with Crippen LogP contribution >= 0.6 is 11.6 Å². The fourth-order valence-corrected chi connectivity index (χ4v) is 3.47. The zero-order chi connectivity index (χ0) is 21.7. The molecule has 2 aromatic rings. The van der Waals surface area contributed by atoms with Crippen LogP contribution in [-0.4, -0.2) is 81.2 Å². The van der Waals surface area contributed by atoms with Gasteiger partial charge in [0.25, 0.3) is 0 Å². The van der Waals surface area contributed by atoms with Crippen molar-refractivity contribution in [2.45, 2.75) is 26.3 Å². The van der Waals surface area contributed by atoms with Gasteiger partial charge in [-0.1, -0.05) is 11.6 Å². The Morgan fingerprint density at radius 2 is 1.70 bits per heavy atom. The molecule has 10 heteroatoms. The molecule has 0 aliphatic carbocycles. The number of aromatic nitrogens is 3. The molecule has 0 spiro atoms. The molecule has 1 aromatic heterocycles. The maximum absolute atomic E-state index is 12.6. The lowest BCUT2D eigenvalue weighted by molar-refractivity contribution is -0.124. The third-order valence-corrected chi connectivity index (χ3v) is 4.85. The van der Waals surface area contributed by atoms with E-state index in [1.165, 1.54) is 6.33 Å². The SMILES string of the molecule is CC(C)(C)NC(=O)CN1CCN(CC(=O)Nc2cc(Cl)ccc2-n2cncn2)CC1. The molecular weight excluding hydrogens is 406 g/mol. The lowest BCUT2D eigenvalue weighted by atomic mass is 10.1. The number of hydrogen-bond donors (Lipinski definition) is 2. The van der Waals surface area contributed by atoms with E-state index in [0.29, 0.717) is 22.9 Å². The third kappa shape index (κ3) is 6.51. The number of piperazine rings is 1. The highest BCUT2D eigenvalue weighted by atomic mass is 35.5. The zero-order valence-corrected chi connectivity index (χ0v) is 18.3. The van der Waals surface area contributed by atoms with Crippen LogP contribution in [0, 0.1) is 0 Å². The molecule has 1 fully saturated rings. The number of hydrogen-bond acceptors (Lipinski definition) is 6. The van der Waals surface area contributed by atoms with Gasteiger partial charge in [-0.2, -0.15) is 5.10 Å². The first kappa shape index (κ1) is 22.2. The molecule has 2 heterocycles. The molecule has 3 rings (SSSR count). The van der Waals surface area contributed by atoms with Crippen LogP contribution < -0.4 is 10.6 Å². The van der Waals surface area contributed by atoms with Crippen LogP contribution in [0.1, 0.15) is 20.8 Å². The summed E-state index contributed by atoms with van der Waals surface area (Å²) in [6, 6.07) is 5.22. The minimum absolute atomic E-state index is 0.0234. The smallest absolute Gasteiger partial charge is 0.238 e. The van der Waals surface area contributed by atoms with Gasteiger partial charge >= 0.3 is 0 Å². The molecule has 9 nitrogen and oxygen atoms in total. The number of carbonyl (C=O) groups excluding carboxylic acids is 2. The molecule has 30 heavy (non-hydrogen) atoms. The summed E-state index contributed by atoms with van der Waals surface area (Å²) in [5.74, 6) is -0.104. The molecule has 1 aliphatic rings. The van der Waals surface area contributed by atoms with Crippen molar-refractivity contribution >= 4 is 29.1 Å². The quantitative estimate of drug-likeness (QED) is 0.714. The van der Waals surface area contributed by atoms with Crippen molar-refractivity contribution in [3.05, 3.63) is 35.9 Å². The second kappa shape index (κ2) is 9.55. The maximum Gasteiger partial charge on any atom is 0.238 e. The van der Waals surface area contributed by atoms with Crippen LogP contribution in [0.4, 0.5) is 5.69 Å². The fraction of sp³-hybridized carbons (Fsp3) is 0.500. The molecule has 0 radical (unpaired) electrons. The second-order valence-corrected chi connectivity index (χ2v) is 8.84. The monoisotopic (exact) mass is 433 g/mol. The van der Waals surface area contributed by atoms with Crippen LogP contribution in [0.15, 0.2) is 30.9 Å². The first-order valence-electron chi connectivity index (χ1n) is 9.90. The van der Waals surface area contributed by atoms with Gasteiger partial charge in [-0.05, 0) is 39.0 Å². The van der Waals surface area contributed by atoms with Gasteiger partial charge in [0.15, 0.2) is 0 Å². The largest absolute Gasteiger partial charge is 0.350 e. The molecule has 0 atom stereocenters. The molecule has 162 valence electrons. The fourth-order valence-electron chi connectivity index (χ4n) is 3.30. The van der Waals surface area contributed by atoms with E-state index in [4.69, 9.17) is 11.6 Å². The molecule has 0 bridgehead atoms. The highest BCUT2D eigenvalue weighted by Crippen LogP contribution is 2.24. The first-order valence-corrected chi connectivity index (χ1v) is 10.3. The molecule has 1 saturated heterocycles. The molecule has 2 amide bonds. The average molecular weight is 434 g/mol. The van der Waals surface area contributed by atoms with Crippen molar-refractivity contribution < 1.29 is 9.59 Å². The number of amides is 2.